The molecule has 0 radical (unpaired) electrons. The SMILES string of the molecule is c1ccc(OC2CCCCC2)c(OCCC2CCCN2)c1. The van der Waals surface area contributed by atoms with Crippen molar-refractivity contribution in [2.45, 2.75) is 63.5 Å². The van der Waals surface area contributed by atoms with E-state index in [-0.39, 0.29) is 0 Å². The maximum atomic E-state index is 6.17. The number of ether oxygens (including phenoxy) is 2. The standard InChI is InChI=1S/C18H27NO2/c1-2-8-16(9-3-1)21-18-11-5-4-10-17(18)20-14-12-15-7-6-13-19-15/h4-5,10-11,15-16,19H,1-3,6-9,12-14H2. The third kappa shape index (κ3) is 4.37. The smallest absolute Gasteiger partial charge is 0.161 e. The van der Waals surface area contributed by atoms with Crippen molar-refractivity contribution in [1.29, 1.82) is 0 Å². The number of benzene rings is 1. The van der Waals surface area contributed by atoms with Gasteiger partial charge in [-0.1, -0.05) is 18.6 Å². The first-order chi connectivity index (χ1) is 10.4. The molecule has 0 bridgehead atoms. The van der Waals surface area contributed by atoms with E-state index in [1.165, 1.54) is 44.9 Å². The van der Waals surface area contributed by atoms with Gasteiger partial charge >= 0.3 is 0 Å². The van der Waals surface area contributed by atoms with Crippen LogP contribution in [0.2, 0.25) is 0 Å². The molecule has 1 aromatic rings. The van der Waals surface area contributed by atoms with Crippen LogP contribution in [-0.2, 0) is 0 Å². The second kappa shape index (κ2) is 7.69. The lowest BCUT2D eigenvalue weighted by Crippen LogP contribution is -2.23. The molecule has 1 atom stereocenters. The third-order valence-corrected chi connectivity index (χ3v) is 4.58. The van der Waals surface area contributed by atoms with Gasteiger partial charge < -0.3 is 14.8 Å². The average molecular weight is 289 g/mol. The highest BCUT2D eigenvalue weighted by Crippen LogP contribution is 2.31. The molecule has 0 spiro atoms. The predicted molar refractivity (Wildman–Crippen MR) is 85.1 cm³/mol. The van der Waals surface area contributed by atoms with Crippen LogP contribution < -0.4 is 14.8 Å². The Morgan fingerprint density at radius 2 is 1.76 bits per heavy atom. The fraction of sp³-hybridized carbons (Fsp3) is 0.667. The minimum absolute atomic E-state index is 0.375. The van der Waals surface area contributed by atoms with Gasteiger partial charge in [-0.3, -0.25) is 0 Å². The normalized spacial score (nSPS) is 23.1. The summed E-state index contributed by atoms with van der Waals surface area (Å²) in [6.45, 7) is 1.93. The van der Waals surface area contributed by atoms with Gasteiger partial charge in [-0.2, -0.15) is 0 Å². The van der Waals surface area contributed by atoms with Crippen molar-refractivity contribution in [1.82, 2.24) is 5.32 Å². The van der Waals surface area contributed by atoms with E-state index in [9.17, 15) is 0 Å². The molecule has 1 N–H and O–H groups in total. The molecule has 21 heavy (non-hydrogen) atoms. The Hall–Kier alpha value is -1.22. The van der Waals surface area contributed by atoms with Gasteiger partial charge in [0, 0.05) is 6.04 Å². The lowest BCUT2D eigenvalue weighted by molar-refractivity contribution is 0.146. The highest BCUT2D eigenvalue weighted by molar-refractivity contribution is 5.39. The predicted octanol–water partition coefficient (Wildman–Crippen LogP) is 3.92. The summed E-state index contributed by atoms with van der Waals surface area (Å²) < 4.78 is 12.1. The minimum atomic E-state index is 0.375. The summed E-state index contributed by atoms with van der Waals surface area (Å²) >= 11 is 0. The molecule has 0 aromatic heterocycles. The molecule has 1 heterocycles. The Morgan fingerprint density at radius 1 is 0.952 bits per heavy atom. The largest absolute Gasteiger partial charge is 0.490 e. The number of nitrogens with one attached hydrogen (secondary N) is 1. The molecule has 3 rings (SSSR count). The van der Waals surface area contributed by atoms with Crippen molar-refractivity contribution in [3.8, 4) is 11.5 Å². The fourth-order valence-electron chi connectivity index (χ4n) is 3.34. The van der Waals surface area contributed by atoms with Crippen LogP contribution >= 0.6 is 0 Å². The first kappa shape index (κ1) is 14.7. The number of hydrogen-bond acceptors (Lipinski definition) is 3. The van der Waals surface area contributed by atoms with Crippen LogP contribution in [0.3, 0.4) is 0 Å². The molecule has 3 nitrogen and oxygen atoms in total. The monoisotopic (exact) mass is 289 g/mol. The summed E-state index contributed by atoms with van der Waals surface area (Å²) in [5.41, 5.74) is 0. The molecule has 1 aliphatic carbocycles. The van der Waals surface area contributed by atoms with E-state index in [0.717, 1.165) is 31.1 Å². The van der Waals surface area contributed by atoms with Crippen molar-refractivity contribution in [3.63, 3.8) is 0 Å². The van der Waals surface area contributed by atoms with E-state index in [0.29, 0.717) is 12.1 Å². The molecule has 116 valence electrons. The van der Waals surface area contributed by atoms with Crippen LogP contribution in [0.25, 0.3) is 0 Å². The van der Waals surface area contributed by atoms with E-state index >= 15 is 0 Å². The van der Waals surface area contributed by atoms with E-state index in [2.05, 4.69) is 5.32 Å². The zero-order valence-corrected chi connectivity index (χ0v) is 12.9. The van der Waals surface area contributed by atoms with E-state index in [4.69, 9.17) is 9.47 Å². The van der Waals surface area contributed by atoms with Crippen molar-refractivity contribution in [2.75, 3.05) is 13.2 Å². The molecule has 0 amide bonds. The molecule has 1 unspecified atom stereocenters. The molecule has 1 aliphatic heterocycles. The minimum Gasteiger partial charge on any atom is -0.490 e. The van der Waals surface area contributed by atoms with Gasteiger partial charge in [0.2, 0.25) is 0 Å². The summed E-state index contributed by atoms with van der Waals surface area (Å²) in [6, 6.07) is 8.76. The molecule has 1 saturated heterocycles. The highest BCUT2D eigenvalue weighted by Gasteiger charge is 2.17. The lowest BCUT2D eigenvalue weighted by atomic mass is 9.98. The third-order valence-electron chi connectivity index (χ3n) is 4.58. The Labute approximate surface area is 128 Å². The van der Waals surface area contributed by atoms with Gasteiger partial charge in [0.15, 0.2) is 11.5 Å². The van der Waals surface area contributed by atoms with Gasteiger partial charge in [0.25, 0.3) is 0 Å². The van der Waals surface area contributed by atoms with Crippen LogP contribution in [0, 0.1) is 0 Å². The van der Waals surface area contributed by atoms with Gasteiger partial charge in [-0.25, -0.2) is 0 Å². The fourth-order valence-corrected chi connectivity index (χ4v) is 3.34. The van der Waals surface area contributed by atoms with Gasteiger partial charge in [0.05, 0.1) is 12.7 Å². The van der Waals surface area contributed by atoms with Crippen LogP contribution in [0.15, 0.2) is 24.3 Å². The van der Waals surface area contributed by atoms with E-state index in [1.807, 2.05) is 24.3 Å². The summed E-state index contributed by atoms with van der Waals surface area (Å²) in [4.78, 5) is 0. The first-order valence-corrected chi connectivity index (χ1v) is 8.54. The van der Waals surface area contributed by atoms with Gasteiger partial charge in [-0.05, 0) is 63.6 Å². The number of para-hydroxylation sites is 2. The van der Waals surface area contributed by atoms with Crippen LogP contribution in [0.5, 0.6) is 11.5 Å². The zero-order valence-electron chi connectivity index (χ0n) is 12.9. The van der Waals surface area contributed by atoms with Crippen LogP contribution in [0.1, 0.15) is 51.4 Å². The van der Waals surface area contributed by atoms with Crippen molar-refractivity contribution in [2.24, 2.45) is 0 Å². The average Bonchev–Trinajstić information content (AvgIpc) is 3.03. The van der Waals surface area contributed by atoms with Gasteiger partial charge in [0.1, 0.15) is 0 Å². The zero-order chi connectivity index (χ0) is 14.3. The van der Waals surface area contributed by atoms with Crippen molar-refractivity contribution in [3.05, 3.63) is 24.3 Å². The molecular weight excluding hydrogens is 262 g/mol. The first-order valence-electron chi connectivity index (χ1n) is 8.54. The lowest BCUT2D eigenvalue weighted by Gasteiger charge is -2.24. The molecule has 2 fully saturated rings. The summed E-state index contributed by atoms with van der Waals surface area (Å²) in [6.07, 6.45) is 10.3. The number of hydrogen-bond donors (Lipinski definition) is 1. The maximum Gasteiger partial charge on any atom is 0.161 e. The second-order valence-electron chi connectivity index (χ2n) is 6.26. The summed E-state index contributed by atoms with van der Waals surface area (Å²) in [5.74, 6) is 1.82. The Morgan fingerprint density at radius 3 is 2.52 bits per heavy atom. The quantitative estimate of drug-likeness (QED) is 0.861. The van der Waals surface area contributed by atoms with E-state index in [1.54, 1.807) is 0 Å². The number of rotatable bonds is 6. The Kier molecular flexibility index (Phi) is 5.39. The molecule has 3 heteroatoms. The molecule has 1 saturated carbocycles. The van der Waals surface area contributed by atoms with Crippen molar-refractivity contribution < 1.29 is 9.47 Å². The van der Waals surface area contributed by atoms with Crippen LogP contribution in [0.4, 0.5) is 0 Å². The van der Waals surface area contributed by atoms with Crippen molar-refractivity contribution >= 4 is 0 Å². The molecular formula is C18H27NO2. The van der Waals surface area contributed by atoms with Gasteiger partial charge in [-0.15, -0.1) is 0 Å². The molecule has 2 aliphatic rings. The summed E-state index contributed by atoms with van der Waals surface area (Å²) in [7, 11) is 0. The Bertz CT molecular complexity index is 423. The Balaban J connectivity index is 1.51. The maximum absolute atomic E-state index is 6.17. The van der Waals surface area contributed by atoms with Crippen LogP contribution in [-0.4, -0.2) is 25.3 Å². The second-order valence-corrected chi connectivity index (χ2v) is 6.26. The topological polar surface area (TPSA) is 30.5 Å². The highest BCUT2D eigenvalue weighted by atomic mass is 16.5. The molecule has 1 aromatic carbocycles. The van der Waals surface area contributed by atoms with E-state index < -0.39 is 0 Å². The summed E-state index contributed by atoms with van der Waals surface area (Å²) in [5, 5.41) is 3.51.